The maximum atomic E-state index is 9.36. The number of rotatable bonds is 2. The van der Waals surface area contributed by atoms with Gasteiger partial charge in [-0.3, -0.25) is 0 Å². The lowest BCUT2D eigenvalue weighted by molar-refractivity contribution is 0.476. The second-order valence-corrected chi connectivity index (χ2v) is 2.71. The highest BCUT2D eigenvalue weighted by Crippen LogP contribution is 2.26. The maximum Gasteiger partial charge on any atom is 0.191 e. The highest BCUT2D eigenvalue weighted by molar-refractivity contribution is 5.80. The highest BCUT2D eigenvalue weighted by atomic mass is 16.3. The minimum atomic E-state index is -0.0523. The maximum absolute atomic E-state index is 9.36. The summed E-state index contributed by atoms with van der Waals surface area (Å²) in [7, 11) is 0. The van der Waals surface area contributed by atoms with Gasteiger partial charge in [-0.15, -0.1) is 0 Å². The van der Waals surface area contributed by atoms with Crippen molar-refractivity contribution < 1.29 is 5.11 Å². The van der Waals surface area contributed by atoms with Crippen molar-refractivity contribution in [2.45, 2.75) is 13.3 Å². The van der Waals surface area contributed by atoms with Gasteiger partial charge in [0.05, 0.1) is 0 Å². The Labute approximate surface area is 76.9 Å². The van der Waals surface area contributed by atoms with E-state index < -0.39 is 0 Å². The van der Waals surface area contributed by atoms with E-state index in [1.807, 2.05) is 13.0 Å². The monoisotopic (exact) mass is 179 g/mol. The third kappa shape index (κ3) is 2.37. The molecule has 0 spiro atoms. The van der Waals surface area contributed by atoms with Crippen LogP contribution < -0.4 is 11.5 Å². The fraction of sp³-hybridized carbons (Fsp3) is 0.222. The molecule has 13 heavy (non-hydrogen) atoms. The van der Waals surface area contributed by atoms with Crippen LogP contribution in [0.1, 0.15) is 12.5 Å². The minimum Gasteiger partial charge on any atom is -0.506 e. The third-order valence-electron chi connectivity index (χ3n) is 1.70. The first-order valence-electron chi connectivity index (χ1n) is 4.05. The summed E-state index contributed by atoms with van der Waals surface area (Å²) in [5.41, 5.74) is 11.9. The van der Waals surface area contributed by atoms with Gasteiger partial charge >= 0.3 is 0 Å². The average Bonchev–Trinajstić information content (AvgIpc) is 2.08. The molecule has 0 radical (unpaired) electrons. The number of aryl methyl sites for hydroxylation is 1. The Morgan fingerprint density at radius 2 is 2.15 bits per heavy atom. The van der Waals surface area contributed by atoms with E-state index >= 15 is 0 Å². The molecule has 4 nitrogen and oxygen atoms in total. The van der Waals surface area contributed by atoms with E-state index in [4.69, 9.17) is 11.5 Å². The number of aromatic hydroxyl groups is 1. The first kappa shape index (κ1) is 9.38. The SMILES string of the molecule is CCc1ccc(O)c(N=C(N)N)c1. The molecule has 1 rings (SSSR count). The molecule has 0 aliphatic rings. The van der Waals surface area contributed by atoms with Crippen molar-refractivity contribution >= 4 is 11.6 Å². The molecular weight excluding hydrogens is 166 g/mol. The molecule has 70 valence electrons. The number of hydrogen-bond acceptors (Lipinski definition) is 2. The molecule has 1 aromatic carbocycles. The number of phenols is 1. The normalized spacial score (nSPS) is 9.62. The Balaban J connectivity index is 3.11. The molecule has 0 unspecified atom stereocenters. The van der Waals surface area contributed by atoms with Crippen molar-refractivity contribution in [2.75, 3.05) is 0 Å². The Morgan fingerprint density at radius 1 is 1.46 bits per heavy atom. The van der Waals surface area contributed by atoms with Gasteiger partial charge in [-0.2, -0.15) is 0 Å². The lowest BCUT2D eigenvalue weighted by Crippen LogP contribution is -2.21. The summed E-state index contributed by atoms with van der Waals surface area (Å²) in [6.45, 7) is 2.02. The predicted molar refractivity (Wildman–Crippen MR) is 53.0 cm³/mol. The smallest absolute Gasteiger partial charge is 0.191 e. The van der Waals surface area contributed by atoms with Gasteiger partial charge in [-0.25, -0.2) is 4.99 Å². The quantitative estimate of drug-likeness (QED) is 0.465. The fourth-order valence-corrected chi connectivity index (χ4v) is 1.02. The van der Waals surface area contributed by atoms with E-state index in [0.717, 1.165) is 12.0 Å². The van der Waals surface area contributed by atoms with Crippen LogP contribution in [0.25, 0.3) is 0 Å². The summed E-state index contributed by atoms with van der Waals surface area (Å²) >= 11 is 0. The molecule has 0 fully saturated rings. The zero-order valence-electron chi connectivity index (χ0n) is 7.49. The van der Waals surface area contributed by atoms with Gasteiger partial charge in [0.15, 0.2) is 5.96 Å². The molecule has 0 atom stereocenters. The molecule has 4 heteroatoms. The van der Waals surface area contributed by atoms with Crippen molar-refractivity contribution in [3.05, 3.63) is 23.8 Å². The number of phenolic OH excluding ortho intramolecular Hbond substituents is 1. The molecule has 5 N–H and O–H groups in total. The summed E-state index contributed by atoms with van der Waals surface area (Å²) in [4.78, 5) is 3.79. The number of guanidine groups is 1. The van der Waals surface area contributed by atoms with Crippen LogP contribution in [0.5, 0.6) is 5.75 Å². The fourth-order valence-electron chi connectivity index (χ4n) is 1.02. The van der Waals surface area contributed by atoms with Crippen molar-refractivity contribution in [2.24, 2.45) is 16.5 Å². The van der Waals surface area contributed by atoms with Crippen LogP contribution in [0.2, 0.25) is 0 Å². The van der Waals surface area contributed by atoms with Gasteiger partial charge in [0, 0.05) is 0 Å². The van der Waals surface area contributed by atoms with E-state index in [1.165, 1.54) is 0 Å². The molecule has 0 heterocycles. The van der Waals surface area contributed by atoms with Crippen LogP contribution in [0, 0.1) is 0 Å². The summed E-state index contributed by atoms with van der Waals surface area (Å²) in [6.07, 6.45) is 0.882. The third-order valence-corrected chi connectivity index (χ3v) is 1.70. The zero-order chi connectivity index (χ0) is 9.84. The second-order valence-electron chi connectivity index (χ2n) is 2.71. The van der Waals surface area contributed by atoms with Gasteiger partial charge < -0.3 is 16.6 Å². The molecule has 0 aliphatic heterocycles. The largest absolute Gasteiger partial charge is 0.506 e. The zero-order valence-corrected chi connectivity index (χ0v) is 7.49. The highest BCUT2D eigenvalue weighted by Gasteiger charge is 2.00. The van der Waals surface area contributed by atoms with Gasteiger partial charge in [0.2, 0.25) is 0 Å². The molecule has 0 bridgehead atoms. The molecule has 0 aromatic heterocycles. The number of aliphatic imine (C=N–C) groups is 1. The van der Waals surface area contributed by atoms with Crippen LogP contribution in [0.4, 0.5) is 5.69 Å². The molecule has 0 saturated carbocycles. The molecule has 0 saturated heterocycles. The van der Waals surface area contributed by atoms with Crippen molar-refractivity contribution in [1.82, 2.24) is 0 Å². The van der Waals surface area contributed by atoms with Crippen LogP contribution >= 0.6 is 0 Å². The summed E-state index contributed by atoms with van der Waals surface area (Å²) in [5, 5.41) is 9.36. The van der Waals surface area contributed by atoms with Gasteiger partial charge in [-0.05, 0) is 24.1 Å². The summed E-state index contributed by atoms with van der Waals surface area (Å²) < 4.78 is 0. The topological polar surface area (TPSA) is 84.6 Å². The van der Waals surface area contributed by atoms with Crippen molar-refractivity contribution in [1.29, 1.82) is 0 Å². The van der Waals surface area contributed by atoms with Gasteiger partial charge in [0.1, 0.15) is 11.4 Å². The average molecular weight is 179 g/mol. The van der Waals surface area contributed by atoms with E-state index in [9.17, 15) is 5.11 Å². The van der Waals surface area contributed by atoms with E-state index in [1.54, 1.807) is 12.1 Å². The second kappa shape index (κ2) is 3.80. The Hall–Kier alpha value is -1.71. The minimum absolute atomic E-state index is 0.0523. The standard InChI is InChI=1S/C9H13N3O/c1-2-6-3-4-8(13)7(5-6)12-9(10)11/h3-5,13H,2H2,1H3,(H4,10,11,12). The van der Waals surface area contributed by atoms with Crippen molar-refractivity contribution in [3.63, 3.8) is 0 Å². The molecule has 0 aliphatic carbocycles. The summed E-state index contributed by atoms with van der Waals surface area (Å²) in [5.74, 6) is 0.0363. The first-order valence-corrected chi connectivity index (χ1v) is 4.05. The van der Waals surface area contributed by atoms with Crippen LogP contribution in [0.15, 0.2) is 23.2 Å². The first-order chi connectivity index (χ1) is 6.13. The number of hydrogen-bond donors (Lipinski definition) is 3. The predicted octanol–water partition coefficient (Wildman–Crippen LogP) is 0.860. The van der Waals surface area contributed by atoms with Crippen LogP contribution in [-0.4, -0.2) is 11.1 Å². The van der Waals surface area contributed by atoms with E-state index in [2.05, 4.69) is 4.99 Å². The number of nitrogens with two attached hydrogens (primary N) is 2. The lowest BCUT2D eigenvalue weighted by Gasteiger charge is -2.01. The number of benzene rings is 1. The molecule has 0 amide bonds. The molecule has 1 aromatic rings. The Kier molecular flexibility index (Phi) is 2.74. The lowest BCUT2D eigenvalue weighted by atomic mass is 10.1. The van der Waals surface area contributed by atoms with Crippen LogP contribution in [0.3, 0.4) is 0 Å². The van der Waals surface area contributed by atoms with Crippen LogP contribution in [-0.2, 0) is 6.42 Å². The van der Waals surface area contributed by atoms with Gasteiger partial charge in [0.25, 0.3) is 0 Å². The Morgan fingerprint density at radius 3 is 2.69 bits per heavy atom. The van der Waals surface area contributed by atoms with E-state index in [0.29, 0.717) is 5.69 Å². The Bertz CT molecular complexity index is 330. The number of nitrogens with zero attached hydrogens (tertiary/aromatic N) is 1. The molecular formula is C9H13N3O. The van der Waals surface area contributed by atoms with Crippen molar-refractivity contribution in [3.8, 4) is 5.75 Å². The van der Waals surface area contributed by atoms with Gasteiger partial charge in [-0.1, -0.05) is 13.0 Å². The summed E-state index contributed by atoms with van der Waals surface area (Å²) in [6, 6.07) is 5.18. The van der Waals surface area contributed by atoms with E-state index in [-0.39, 0.29) is 11.7 Å².